The molecule has 0 saturated carbocycles. The Bertz CT molecular complexity index is 618. The van der Waals surface area contributed by atoms with Crippen LogP contribution in [-0.2, 0) is 6.54 Å². The van der Waals surface area contributed by atoms with Crippen LogP contribution in [0.2, 0.25) is 0 Å². The Morgan fingerprint density at radius 1 is 1.53 bits per heavy atom. The maximum absolute atomic E-state index is 11.3. The Morgan fingerprint density at radius 2 is 2.21 bits per heavy atom. The van der Waals surface area contributed by atoms with E-state index in [-0.39, 0.29) is 6.54 Å². The maximum atomic E-state index is 11.3. The fraction of sp³-hybridized carbons (Fsp3) is 0.417. The molecule has 0 atom stereocenters. The minimum absolute atomic E-state index is 0.208. The first-order valence-corrected chi connectivity index (χ1v) is 6.57. The predicted octanol–water partition coefficient (Wildman–Crippen LogP) is 3.00. The summed E-state index contributed by atoms with van der Waals surface area (Å²) >= 11 is 3.37. The smallest absolute Gasteiger partial charge is 0.408 e. The van der Waals surface area contributed by atoms with E-state index >= 15 is 0 Å². The summed E-state index contributed by atoms with van der Waals surface area (Å²) in [4.78, 5) is 24.3. The second-order valence-corrected chi connectivity index (χ2v) is 6.09. The summed E-state index contributed by atoms with van der Waals surface area (Å²) in [6.45, 7) is 5.75. The van der Waals surface area contributed by atoms with E-state index in [0.29, 0.717) is 16.9 Å². The van der Waals surface area contributed by atoms with E-state index in [1.54, 1.807) is 12.4 Å². The molecule has 6 nitrogen and oxygen atoms in total. The highest BCUT2D eigenvalue weighted by Crippen LogP contribution is 2.21. The van der Waals surface area contributed by atoms with E-state index in [1.807, 2.05) is 20.8 Å². The van der Waals surface area contributed by atoms with Gasteiger partial charge in [-0.25, -0.2) is 14.8 Å². The minimum atomic E-state index is -0.970. The fourth-order valence-corrected chi connectivity index (χ4v) is 2.12. The van der Waals surface area contributed by atoms with Crippen LogP contribution in [0.25, 0.3) is 11.2 Å². The molecule has 0 unspecified atom stereocenters. The van der Waals surface area contributed by atoms with Crippen molar-refractivity contribution in [1.82, 2.24) is 19.9 Å². The van der Waals surface area contributed by atoms with Crippen LogP contribution < -0.4 is 0 Å². The minimum Gasteiger partial charge on any atom is -0.465 e. The quantitative estimate of drug-likeness (QED) is 0.888. The molecule has 2 aromatic rings. The Morgan fingerprint density at radius 3 is 2.79 bits per heavy atom. The molecule has 2 N–H and O–H groups in total. The molecule has 2 rings (SSSR count). The normalized spacial score (nSPS) is 11.8. The lowest BCUT2D eigenvalue weighted by atomic mass is 10.1. The molecule has 0 radical (unpaired) electrons. The molecule has 0 saturated heterocycles. The molecular formula is C12H15BrN4O2. The molecule has 0 aliphatic carbocycles. The zero-order valence-corrected chi connectivity index (χ0v) is 12.5. The average molecular weight is 327 g/mol. The molecule has 0 fully saturated rings. The lowest BCUT2D eigenvalue weighted by Gasteiger charge is -2.32. The number of carbonyl (C=O) groups is 1. The number of aromatic amines is 1. The first-order chi connectivity index (χ1) is 8.79. The molecule has 0 bridgehead atoms. The van der Waals surface area contributed by atoms with E-state index in [4.69, 9.17) is 0 Å². The highest BCUT2D eigenvalue weighted by Gasteiger charge is 2.26. The van der Waals surface area contributed by atoms with E-state index in [1.165, 1.54) is 4.90 Å². The van der Waals surface area contributed by atoms with Gasteiger partial charge in [0.15, 0.2) is 5.65 Å². The van der Waals surface area contributed by atoms with Gasteiger partial charge in [-0.15, -0.1) is 0 Å². The summed E-state index contributed by atoms with van der Waals surface area (Å²) in [5.74, 6) is 0. The highest BCUT2D eigenvalue weighted by atomic mass is 79.9. The van der Waals surface area contributed by atoms with Crippen LogP contribution in [0.15, 0.2) is 16.9 Å². The number of rotatable bonds is 2. The summed E-state index contributed by atoms with van der Waals surface area (Å²) in [7, 11) is 0. The van der Waals surface area contributed by atoms with Crippen molar-refractivity contribution in [3.05, 3.63) is 22.6 Å². The van der Waals surface area contributed by atoms with Gasteiger partial charge in [-0.05, 0) is 36.7 Å². The zero-order valence-electron chi connectivity index (χ0n) is 10.9. The Kier molecular flexibility index (Phi) is 3.49. The van der Waals surface area contributed by atoms with Gasteiger partial charge < -0.3 is 10.1 Å². The summed E-state index contributed by atoms with van der Waals surface area (Å²) in [6.07, 6.45) is 2.38. The molecular weight excluding hydrogens is 312 g/mol. The third-order valence-electron chi connectivity index (χ3n) is 2.74. The van der Waals surface area contributed by atoms with Crippen LogP contribution in [0.1, 0.15) is 26.5 Å². The van der Waals surface area contributed by atoms with Crippen LogP contribution in [0.3, 0.4) is 0 Å². The fourth-order valence-electron chi connectivity index (χ4n) is 1.73. The van der Waals surface area contributed by atoms with Gasteiger partial charge in [-0.2, -0.15) is 0 Å². The second-order valence-electron chi connectivity index (χ2n) is 5.23. The second kappa shape index (κ2) is 4.80. The molecule has 0 aliphatic heterocycles. The van der Waals surface area contributed by atoms with Gasteiger partial charge in [0.25, 0.3) is 0 Å². The molecule has 19 heavy (non-hydrogen) atoms. The van der Waals surface area contributed by atoms with Crippen LogP contribution in [0.5, 0.6) is 0 Å². The number of hydrogen-bond donors (Lipinski definition) is 2. The van der Waals surface area contributed by atoms with Gasteiger partial charge >= 0.3 is 6.09 Å². The summed E-state index contributed by atoms with van der Waals surface area (Å²) in [6, 6.07) is 0. The summed E-state index contributed by atoms with van der Waals surface area (Å²) < 4.78 is 0.814. The molecule has 0 spiro atoms. The third kappa shape index (κ3) is 2.86. The monoisotopic (exact) mass is 326 g/mol. The number of aromatic nitrogens is 3. The molecule has 1 amide bonds. The predicted molar refractivity (Wildman–Crippen MR) is 74.9 cm³/mol. The zero-order chi connectivity index (χ0) is 14.2. The number of halogens is 1. The SMILES string of the molecule is CC(C)(C)N(Cc1cnc2[nH]cc(Br)c2n1)C(=O)O. The Balaban J connectivity index is 2.34. The first-order valence-electron chi connectivity index (χ1n) is 5.78. The van der Waals surface area contributed by atoms with E-state index < -0.39 is 11.6 Å². The molecule has 7 heteroatoms. The van der Waals surface area contributed by atoms with Crippen molar-refractivity contribution in [3.63, 3.8) is 0 Å². The highest BCUT2D eigenvalue weighted by molar-refractivity contribution is 9.10. The molecule has 2 heterocycles. The number of amides is 1. The van der Waals surface area contributed by atoms with Crippen molar-refractivity contribution in [1.29, 1.82) is 0 Å². The van der Waals surface area contributed by atoms with Gasteiger partial charge in [0.1, 0.15) is 5.52 Å². The molecule has 0 aliphatic rings. The van der Waals surface area contributed by atoms with Crippen molar-refractivity contribution in [2.75, 3.05) is 0 Å². The van der Waals surface area contributed by atoms with Crippen LogP contribution >= 0.6 is 15.9 Å². The Labute approximate surface area is 119 Å². The number of fused-ring (bicyclic) bond motifs is 1. The van der Waals surface area contributed by atoms with Crippen LogP contribution in [-0.4, -0.2) is 36.6 Å². The number of H-pyrrole nitrogens is 1. The number of nitrogens with one attached hydrogen (secondary N) is 1. The first kappa shape index (κ1) is 13.8. The summed E-state index contributed by atoms with van der Waals surface area (Å²) in [5.41, 5.74) is 1.51. The van der Waals surface area contributed by atoms with E-state index in [2.05, 4.69) is 30.9 Å². The van der Waals surface area contributed by atoms with Crippen LogP contribution in [0, 0.1) is 0 Å². The van der Waals surface area contributed by atoms with Crippen molar-refractivity contribution >= 4 is 33.2 Å². The van der Waals surface area contributed by atoms with Gasteiger partial charge in [-0.1, -0.05) is 0 Å². The average Bonchev–Trinajstić information content (AvgIpc) is 2.66. The van der Waals surface area contributed by atoms with Crippen LogP contribution in [0.4, 0.5) is 4.79 Å². The van der Waals surface area contributed by atoms with Crippen molar-refractivity contribution < 1.29 is 9.90 Å². The Hall–Kier alpha value is -1.63. The van der Waals surface area contributed by atoms with Gasteiger partial charge in [0.05, 0.1) is 22.9 Å². The third-order valence-corrected chi connectivity index (χ3v) is 3.35. The van der Waals surface area contributed by atoms with E-state index in [9.17, 15) is 9.90 Å². The maximum Gasteiger partial charge on any atom is 0.408 e. The number of nitrogens with zero attached hydrogens (tertiary/aromatic N) is 3. The van der Waals surface area contributed by atoms with Gasteiger partial charge in [0, 0.05) is 11.7 Å². The molecule has 2 aromatic heterocycles. The topological polar surface area (TPSA) is 82.1 Å². The van der Waals surface area contributed by atoms with E-state index in [0.717, 1.165) is 4.47 Å². The largest absolute Gasteiger partial charge is 0.465 e. The summed E-state index contributed by atoms with van der Waals surface area (Å²) in [5, 5.41) is 9.26. The number of carboxylic acid groups (broad SMARTS) is 1. The van der Waals surface area contributed by atoms with Crippen molar-refractivity contribution in [2.24, 2.45) is 0 Å². The lowest BCUT2D eigenvalue weighted by Crippen LogP contribution is -2.44. The molecule has 102 valence electrons. The molecule has 0 aromatic carbocycles. The van der Waals surface area contributed by atoms with Gasteiger partial charge in [-0.3, -0.25) is 4.90 Å². The van der Waals surface area contributed by atoms with Crippen molar-refractivity contribution in [2.45, 2.75) is 32.9 Å². The standard InChI is InChI=1S/C12H15BrN4O2/c1-12(2,3)17(11(18)19)6-7-4-14-10-9(16-7)8(13)5-15-10/h4-5H,6H2,1-3H3,(H,14,15)(H,18,19). The van der Waals surface area contributed by atoms with Gasteiger partial charge in [0.2, 0.25) is 0 Å². The van der Waals surface area contributed by atoms with Crippen molar-refractivity contribution in [3.8, 4) is 0 Å². The number of hydrogen-bond acceptors (Lipinski definition) is 3. The lowest BCUT2D eigenvalue weighted by molar-refractivity contribution is 0.0947.